The van der Waals surface area contributed by atoms with Crippen LogP contribution in [-0.2, 0) is 30.0 Å². The van der Waals surface area contributed by atoms with Crippen LogP contribution >= 0.6 is 11.6 Å². The number of ether oxygens (including phenoxy) is 4. The molecular weight excluding hydrogens is 587 g/mol. The zero-order chi connectivity index (χ0) is 30.7. The Balaban J connectivity index is 1.90. The minimum Gasteiger partial charge on any atom is -0.480 e. The minimum atomic E-state index is -4.66. The monoisotopic (exact) mass is 617 g/mol. The van der Waals surface area contributed by atoms with Gasteiger partial charge in [0.2, 0.25) is 0 Å². The number of nitrogens with zero attached hydrogens (tertiary/aromatic N) is 1. The van der Waals surface area contributed by atoms with E-state index in [4.69, 9.17) is 30.5 Å². The van der Waals surface area contributed by atoms with E-state index >= 15 is 0 Å². The van der Waals surface area contributed by atoms with Gasteiger partial charge in [0.1, 0.15) is 17.9 Å². The Labute approximate surface area is 244 Å². The summed E-state index contributed by atoms with van der Waals surface area (Å²) in [4.78, 5) is 38.7. The maximum Gasteiger partial charge on any atom is 0.416 e. The number of carboxylic acids is 1. The fourth-order valence-electron chi connectivity index (χ4n) is 6.00. The molecule has 2 saturated heterocycles. The molecule has 0 saturated carbocycles. The predicted molar refractivity (Wildman–Crippen MR) is 141 cm³/mol. The number of halogens is 4. The van der Waals surface area contributed by atoms with Crippen LogP contribution in [0.25, 0.3) is 0 Å². The van der Waals surface area contributed by atoms with E-state index in [0.717, 1.165) is 18.2 Å². The first-order valence-electron chi connectivity index (χ1n) is 13.5. The lowest BCUT2D eigenvalue weighted by Crippen LogP contribution is -2.61. The molecule has 0 spiro atoms. The van der Waals surface area contributed by atoms with E-state index in [1.807, 2.05) is 0 Å². The van der Waals surface area contributed by atoms with Gasteiger partial charge >= 0.3 is 18.1 Å². The van der Waals surface area contributed by atoms with Crippen molar-refractivity contribution in [2.24, 2.45) is 17.3 Å². The topological polar surface area (TPSA) is 134 Å². The third-order valence-electron chi connectivity index (χ3n) is 8.03. The van der Waals surface area contributed by atoms with Crippen molar-refractivity contribution in [1.82, 2.24) is 0 Å². The Morgan fingerprint density at radius 3 is 2.38 bits per heavy atom. The van der Waals surface area contributed by atoms with Gasteiger partial charge in [0.15, 0.2) is 5.41 Å². The lowest BCUT2D eigenvalue weighted by atomic mass is 9.57. The van der Waals surface area contributed by atoms with Crippen LogP contribution in [0.4, 0.5) is 13.2 Å². The largest absolute Gasteiger partial charge is 0.480 e. The number of hydrogen-bond donors (Lipinski definition) is 1. The van der Waals surface area contributed by atoms with E-state index in [2.05, 4.69) is 0 Å². The molecule has 0 radical (unpaired) electrons. The van der Waals surface area contributed by atoms with Crippen molar-refractivity contribution in [2.45, 2.75) is 50.7 Å². The van der Waals surface area contributed by atoms with Crippen molar-refractivity contribution < 1.29 is 51.7 Å². The zero-order valence-corrected chi connectivity index (χ0v) is 23.5. The number of nitro groups is 1. The van der Waals surface area contributed by atoms with Gasteiger partial charge in [-0.3, -0.25) is 19.7 Å². The quantitative estimate of drug-likeness (QED) is 0.195. The first-order chi connectivity index (χ1) is 19.8. The molecule has 4 unspecified atom stereocenters. The third-order valence-corrected chi connectivity index (χ3v) is 8.32. The molecule has 4 rings (SSSR count). The normalized spacial score (nSPS) is 27.7. The van der Waals surface area contributed by atoms with Gasteiger partial charge in [-0.1, -0.05) is 11.6 Å². The Bertz CT molecular complexity index is 1270. The number of benzene rings is 1. The van der Waals surface area contributed by atoms with E-state index < -0.39 is 56.9 Å². The first-order valence-corrected chi connectivity index (χ1v) is 13.9. The van der Waals surface area contributed by atoms with E-state index in [1.54, 1.807) is 0 Å². The predicted octanol–water partition coefficient (Wildman–Crippen LogP) is 5.45. The number of carbonyl (C=O) groups is 2. The number of rotatable bonds is 11. The molecule has 10 nitrogen and oxygen atoms in total. The number of carbonyl (C=O) groups excluding carboxylic acids is 1. The van der Waals surface area contributed by atoms with E-state index in [9.17, 15) is 38.0 Å². The van der Waals surface area contributed by atoms with Crippen LogP contribution in [0.3, 0.4) is 0 Å². The van der Waals surface area contributed by atoms with E-state index in [0.29, 0.717) is 32.1 Å². The zero-order valence-electron chi connectivity index (χ0n) is 22.8. The van der Waals surface area contributed by atoms with Gasteiger partial charge < -0.3 is 24.1 Å². The molecule has 2 aliphatic heterocycles. The number of allylic oxidation sites excluding steroid dienone is 1. The highest BCUT2D eigenvalue weighted by Crippen LogP contribution is 2.54. The van der Waals surface area contributed by atoms with Crippen LogP contribution in [0.15, 0.2) is 41.7 Å². The number of carboxylic acid groups (broad SMARTS) is 1. The number of esters is 1. The fraction of sp³-hybridized carbons (Fsp3) is 0.571. The summed E-state index contributed by atoms with van der Waals surface area (Å²) in [6.45, 7) is 2.63. The summed E-state index contributed by atoms with van der Waals surface area (Å²) in [5.41, 5.74) is -5.79. The van der Waals surface area contributed by atoms with Crippen molar-refractivity contribution in [3.63, 3.8) is 0 Å². The number of alkyl halides is 3. The van der Waals surface area contributed by atoms with Gasteiger partial charge in [-0.05, 0) is 74.8 Å². The summed E-state index contributed by atoms with van der Waals surface area (Å²) in [6.07, 6.45) is -2.43. The van der Waals surface area contributed by atoms with Gasteiger partial charge in [0.05, 0.1) is 17.2 Å². The Kier molecular flexibility index (Phi) is 9.53. The van der Waals surface area contributed by atoms with Gasteiger partial charge in [-0.15, -0.1) is 0 Å². The van der Waals surface area contributed by atoms with Crippen LogP contribution in [0.5, 0.6) is 5.75 Å². The lowest BCUT2D eigenvalue weighted by molar-refractivity contribution is -0.574. The molecule has 1 aliphatic carbocycles. The fourth-order valence-corrected chi connectivity index (χ4v) is 6.22. The smallest absolute Gasteiger partial charge is 0.416 e. The molecule has 4 atom stereocenters. The van der Waals surface area contributed by atoms with Crippen LogP contribution in [0.2, 0.25) is 5.02 Å². The number of aliphatic carboxylic acids is 1. The van der Waals surface area contributed by atoms with Gasteiger partial charge in [0.25, 0.3) is 5.54 Å². The molecule has 0 aromatic heterocycles. The average Bonchev–Trinajstić information content (AvgIpc) is 3.61. The summed E-state index contributed by atoms with van der Waals surface area (Å²) < 4.78 is 61.4. The molecule has 1 N–H and O–H groups in total. The van der Waals surface area contributed by atoms with Gasteiger partial charge in [-0.2, -0.15) is 13.2 Å². The summed E-state index contributed by atoms with van der Waals surface area (Å²) in [5.74, 6) is -3.49. The van der Waals surface area contributed by atoms with Crippen LogP contribution in [0.1, 0.15) is 44.6 Å². The van der Waals surface area contributed by atoms with Gasteiger partial charge in [-0.25, -0.2) is 0 Å². The van der Waals surface area contributed by atoms with Gasteiger partial charge in [0, 0.05) is 36.9 Å². The maximum absolute atomic E-state index is 13.3. The summed E-state index contributed by atoms with van der Waals surface area (Å²) in [5, 5.41) is 23.6. The second kappa shape index (κ2) is 12.6. The second-order valence-electron chi connectivity index (χ2n) is 10.7. The Morgan fingerprint density at radius 1 is 1.19 bits per heavy atom. The SMILES string of the molecule is CCOC(=O)CC1([N+](=O)[O-])C(CC2CCOC2)=CC(Oc2ccc(C(F)(F)F)cc2Cl)=CC1(CC1CCOC1)C(=O)O. The van der Waals surface area contributed by atoms with Crippen LogP contribution in [-0.4, -0.2) is 60.5 Å². The molecule has 2 heterocycles. The maximum atomic E-state index is 13.3. The highest BCUT2D eigenvalue weighted by Gasteiger charge is 2.70. The standard InChI is InChI=1S/C28H31ClF3NO9/c1-2-41-24(34)14-27(33(37)38)20(9-17-5-7-39-15-17)10-21(13-26(27,25(35)36)12-18-6-8-40-16-18)42-23-4-3-19(11-22(23)29)28(30,31)32/h3-4,10-11,13,17-18H,2,5-9,12,14-16H2,1H3,(H,35,36). The molecular formula is C28H31ClF3NO9. The highest BCUT2D eigenvalue weighted by molar-refractivity contribution is 6.32. The van der Waals surface area contributed by atoms with Crippen LogP contribution in [0, 0.1) is 27.4 Å². The molecule has 14 heteroatoms. The lowest BCUT2D eigenvalue weighted by Gasteiger charge is -2.44. The highest BCUT2D eigenvalue weighted by atomic mass is 35.5. The van der Waals surface area contributed by atoms with E-state index in [1.165, 1.54) is 13.0 Å². The van der Waals surface area contributed by atoms with Crippen molar-refractivity contribution in [3.05, 3.63) is 62.4 Å². The third kappa shape index (κ3) is 6.28. The molecule has 42 heavy (non-hydrogen) atoms. The Hall–Kier alpha value is -3.16. The summed E-state index contributed by atoms with van der Waals surface area (Å²) in [7, 11) is 0. The molecule has 0 amide bonds. The van der Waals surface area contributed by atoms with Crippen LogP contribution < -0.4 is 4.74 Å². The van der Waals surface area contributed by atoms with Crippen molar-refractivity contribution in [2.75, 3.05) is 33.0 Å². The molecule has 3 aliphatic rings. The van der Waals surface area contributed by atoms with Crippen molar-refractivity contribution in [1.29, 1.82) is 0 Å². The molecule has 230 valence electrons. The average molecular weight is 618 g/mol. The summed E-state index contributed by atoms with van der Waals surface area (Å²) >= 11 is 6.12. The minimum absolute atomic E-state index is 0.0119. The second-order valence-corrected chi connectivity index (χ2v) is 11.1. The molecule has 0 bridgehead atoms. The first kappa shape index (κ1) is 31.8. The molecule has 1 aromatic carbocycles. The molecule has 2 fully saturated rings. The Morgan fingerprint density at radius 2 is 1.86 bits per heavy atom. The molecule has 1 aromatic rings. The van der Waals surface area contributed by atoms with Crippen molar-refractivity contribution >= 4 is 23.5 Å². The van der Waals surface area contributed by atoms with Crippen molar-refractivity contribution in [3.8, 4) is 5.75 Å². The summed E-state index contributed by atoms with van der Waals surface area (Å²) in [6, 6.07) is 2.42. The van der Waals surface area contributed by atoms with E-state index in [-0.39, 0.29) is 55.7 Å². The number of hydrogen-bond acceptors (Lipinski definition) is 8.